The fourth-order valence-electron chi connectivity index (χ4n) is 2.25. The number of nitro groups is 1. The first-order valence-corrected chi connectivity index (χ1v) is 7.44. The normalized spacial score (nSPS) is 12.3. The minimum atomic E-state index is -0.446. The van der Waals surface area contributed by atoms with Crippen LogP contribution in [0.15, 0.2) is 18.2 Å². The van der Waals surface area contributed by atoms with Gasteiger partial charge in [0, 0.05) is 18.6 Å². The molecule has 0 fully saturated rings. The number of aromatic nitrogens is 2. The number of amides is 1. The Kier molecular flexibility index (Phi) is 5.08. The number of hydrogen-bond donors (Lipinski definition) is 2. The maximum absolute atomic E-state index is 11.8. The standard InChI is InChI=1S/C15H20N4O3/c1-3-4-5-6-14(20)16-10(2)15-17-12-8-7-11(19(21)22)9-13(12)18-15/h7-10H,3-6H2,1-2H3,(H,16,20)(H,17,18). The smallest absolute Gasteiger partial charge is 0.271 e. The number of nitro benzene ring substituents is 1. The van der Waals surface area contributed by atoms with Gasteiger partial charge < -0.3 is 10.3 Å². The van der Waals surface area contributed by atoms with Crippen molar-refractivity contribution in [2.45, 2.75) is 45.6 Å². The highest BCUT2D eigenvalue weighted by Crippen LogP contribution is 2.21. The second-order valence-electron chi connectivity index (χ2n) is 5.33. The summed E-state index contributed by atoms with van der Waals surface area (Å²) < 4.78 is 0. The van der Waals surface area contributed by atoms with Gasteiger partial charge in [-0.1, -0.05) is 19.8 Å². The highest BCUT2D eigenvalue weighted by atomic mass is 16.6. The van der Waals surface area contributed by atoms with Crippen LogP contribution in [-0.4, -0.2) is 20.8 Å². The number of fused-ring (bicyclic) bond motifs is 1. The lowest BCUT2D eigenvalue weighted by molar-refractivity contribution is -0.384. The van der Waals surface area contributed by atoms with Crippen LogP contribution < -0.4 is 5.32 Å². The average molecular weight is 304 g/mol. The Labute approximate surface area is 128 Å². The van der Waals surface area contributed by atoms with E-state index >= 15 is 0 Å². The van der Waals surface area contributed by atoms with E-state index in [2.05, 4.69) is 22.2 Å². The van der Waals surface area contributed by atoms with Crippen molar-refractivity contribution in [1.29, 1.82) is 0 Å². The summed E-state index contributed by atoms with van der Waals surface area (Å²) in [6.07, 6.45) is 3.49. The summed E-state index contributed by atoms with van der Waals surface area (Å²) in [6.45, 7) is 3.93. The molecule has 118 valence electrons. The number of carbonyl (C=O) groups is 1. The lowest BCUT2D eigenvalue weighted by atomic mass is 10.2. The Balaban J connectivity index is 2.06. The van der Waals surface area contributed by atoms with E-state index in [9.17, 15) is 14.9 Å². The highest BCUT2D eigenvalue weighted by Gasteiger charge is 2.15. The number of nitrogens with zero attached hydrogens (tertiary/aromatic N) is 2. The van der Waals surface area contributed by atoms with Crippen molar-refractivity contribution in [3.63, 3.8) is 0 Å². The van der Waals surface area contributed by atoms with Crippen molar-refractivity contribution < 1.29 is 9.72 Å². The van der Waals surface area contributed by atoms with Gasteiger partial charge in [-0.05, 0) is 19.4 Å². The van der Waals surface area contributed by atoms with Crippen LogP contribution in [0, 0.1) is 10.1 Å². The van der Waals surface area contributed by atoms with Crippen molar-refractivity contribution >= 4 is 22.6 Å². The third kappa shape index (κ3) is 3.81. The molecule has 0 saturated carbocycles. The number of carbonyl (C=O) groups excluding carboxylic acids is 1. The largest absolute Gasteiger partial charge is 0.346 e. The summed E-state index contributed by atoms with van der Waals surface area (Å²) in [6, 6.07) is 4.20. The molecule has 0 radical (unpaired) electrons. The predicted molar refractivity (Wildman–Crippen MR) is 83.4 cm³/mol. The van der Waals surface area contributed by atoms with Crippen molar-refractivity contribution in [1.82, 2.24) is 15.3 Å². The van der Waals surface area contributed by atoms with Crippen molar-refractivity contribution in [2.24, 2.45) is 0 Å². The van der Waals surface area contributed by atoms with E-state index < -0.39 is 4.92 Å². The fourth-order valence-corrected chi connectivity index (χ4v) is 2.25. The van der Waals surface area contributed by atoms with Crippen LogP contribution in [0.4, 0.5) is 5.69 Å². The number of rotatable bonds is 7. The molecule has 1 heterocycles. The molecule has 1 unspecified atom stereocenters. The maximum atomic E-state index is 11.8. The molecule has 0 saturated heterocycles. The van der Waals surface area contributed by atoms with Crippen molar-refractivity contribution in [3.8, 4) is 0 Å². The van der Waals surface area contributed by atoms with Gasteiger partial charge in [0.2, 0.25) is 5.91 Å². The Morgan fingerprint density at radius 2 is 2.23 bits per heavy atom. The van der Waals surface area contributed by atoms with Crippen LogP contribution in [-0.2, 0) is 4.79 Å². The quantitative estimate of drug-likeness (QED) is 0.466. The van der Waals surface area contributed by atoms with Crippen LogP contribution >= 0.6 is 0 Å². The number of aromatic amines is 1. The maximum Gasteiger partial charge on any atom is 0.271 e. The number of nitrogens with one attached hydrogen (secondary N) is 2. The molecule has 1 atom stereocenters. The number of non-ortho nitro benzene ring substituents is 1. The van der Waals surface area contributed by atoms with Crippen molar-refractivity contribution in [3.05, 3.63) is 34.1 Å². The lowest BCUT2D eigenvalue weighted by Crippen LogP contribution is -2.27. The van der Waals surface area contributed by atoms with Gasteiger partial charge in [-0.15, -0.1) is 0 Å². The van der Waals surface area contributed by atoms with Gasteiger partial charge in [0.25, 0.3) is 5.69 Å². The predicted octanol–water partition coefficient (Wildman–Crippen LogP) is 3.23. The molecule has 22 heavy (non-hydrogen) atoms. The summed E-state index contributed by atoms with van der Waals surface area (Å²) >= 11 is 0. The minimum absolute atomic E-state index is 0.00705. The number of H-pyrrole nitrogens is 1. The molecule has 2 aromatic rings. The molecule has 0 spiro atoms. The summed E-state index contributed by atoms with van der Waals surface area (Å²) in [5.74, 6) is 0.590. The summed E-state index contributed by atoms with van der Waals surface area (Å²) in [5, 5.41) is 13.7. The molecule has 0 bridgehead atoms. The molecule has 7 heteroatoms. The number of unbranched alkanes of at least 4 members (excludes halogenated alkanes) is 2. The zero-order valence-electron chi connectivity index (χ0n) is 12.8. The first-order valence-electron chi connectivity index (χ1n) is 7.44. The first kappa shape index (κ1) is 15.9. The van der Waals surface area contributed by atoms with Gasteiger partial charge in [0.1, 0.15) is 5.82 Å². The van der Waals surface area contributed by atoms with E-state index in [1.54, 1.807) is 6.07 Å². The summed E-state index contributed by atoms with van der Waals surface area (Å²) in [5.41, 5.74) is 1.25. The summed E-state index contributed by atoms with van der Waals surface area (Å²) in [4.78, 5) is 29.5. The topological polar surface area (TPSA) is 101 Å². The Morgan fingerprint density at radius 1 is 1.45 bits per heavy atom. The van der Waals surface area contributed by atoms with Gasteiger partial charge in [0.05, 0.1) is 22.0 Å². The molecule has 0 aliphatic heterocycles. The minimum Gasteiger partial charge on any atom is -0.346 e. The van der Waals surface area contributed by atoms with Crippen LogP contribution in [0.5, 0.6) is 0 Å². The Morgan fingerprint density at radius 3 is 2.91 bits per heavy atom. The molecule has 1 amide bonds. The zero-order chi connectivity index (χ0) is 16.1. The van der Waals surface area contributed by atoms with E-state index in [4.69, 9.17) is 0 Å². The number of hydrogen-bond acceptors (Lipinski definition) is 4. The second kappa shape index (κ2) is 7.02. The average Bonchev–Trinajstić information content (AvgIpc) is 2.90. The second-order valence-corrected chi connectivity index (χ2v) is 5.33. The van der Waals surface area contributed by atoms with Gasteiger partial charge >= 0.3 is 0 Å². The van der Waals surface area contributed by atoms with E-state index in [1.807, 2.05) is 6.92 Å². The van der Waals surface area contributed by atoms with Gasteiger partial charge in [-0.3, -0.25) is 14.9 Å². The van der Waals surface area contributed by atoms with Gasteiger partial charge in [0.15, 0.2) is 0 Å². The Bertz CT molecular complexity index is 680. The molecule has 1 aromatic carbocycles. The van der Waals surface area contributed by atoms with E-state index in [0.29, 0.717) is 23.3 Å². The lowest BCUT2D eigenvalue weighted by Gasteiger charge is -2.11. The first-order chi connectivity index (χ1) is 10.5. The third-order valence-corrected chi connectivity index (χ3v) is 3.49. The van der Waals surface area contributed by atoms with E-state index in [0.717, 1.165) is 19.3 Å². The summed E-state index contributed by atoms with van der Waals surface area (Å²) in [7, 11) is 0. The third-order valence-electron chi connectivity index (χ3n) is 3.49. The monoisotopic (exact) mass is 304 g/mol. The van der Waals surface area contributed by atoms with Gasteiger partial charge in [-0.25, -0.2) is 4.98 Å². The molecule has 0 aliphatic rings. The molecule has 1 aromatic heterocycles. The molecule has 0 aliphatic carbocycles. The van der Waals surface area contributed by atoms with Crippen LogP contribution in [0.3, 0.4) is 0 Å². The molecule has 2 rings (SSSR count). The van der Waals surface area contributed by atoms with Crippen LogP contribution in [0.1, 0.15) is 51.4 Å². The van der Waals surface area contributed by atoms with Gasteiger partial charge in [-0.2, -0.15) is 0 Å². The van der Waals surface area contributed by atoms with Crippen LogP contribution in [0.25, 0.3) is 11.0 Å². The Hall–Kier alpha value is -2.44. The van der Waals surface area contributed by atoms with Crippen molar-refractivity contribution in [2.75, 3.05) is 0 Å². The SMILES string of the molecule is CCCCCC(=O)NC(C)c1nc2ccc([N+](=O)[O-])cc2[nH]1. The molecule has 7 nitrogen and oxygen atoms in total. The van der Waals surface area contributed by atoms with E-state index in [-0.39, 0.29) is 17.6 Å². The van der Waals surface area contributed by atoms with Crippen LogP contribution in [0.2, 0.25) is 0 Å². The molecular weight excluding hydrogens is 284 g/mol. The molecule has 2 N–H and O–H groups in total. The fraction of sp³-hybridized carbons (Fsp3) is 0.467. The number of benzene rings is 1. The molecular formula is C15H20N4O3. The zero-order valence-corrected chi connectivity index (χ0v) is 12.8. The number of imidazole rings is 1. The van der Waals surface area contributed by atoms with E-state index in [1.165, 1.54) is 12.1 Å². The highest BCUT2D eigenvalue weighted by molar-refractivity contribution is 5.79.